The van der Waals surface area contributed by atoms with Crippen LogP contribution < -0.4 is 10.1 Å². The molecule has 0 aliphatic carbocycles. The molecule has 0 radical (unpaired) electrons. The highest BCUT2D eigenvalue weighted by Crippen LogP contribution is 2.25. The third-order valence-corrected chi connectivity index (χ3v) is 2.39. The molecule has 0 amide bonds. The molecule has 1 atom stereocenters. The third-order valence-electron chi connectivity index (χ3n) is 2.04. The third kappa shape index (κ3) is 3.70. The summed E-state index contributed by atoms with van der Waals surface area (Å²) in [7, 11) is 1.61. The summed E-state index contributed by atoms with van der Waals surface area (Å²) in [6.45, 7) is 2.86. The quantitative estimate of drug-likeness (QED) is 0.810. The Balaban J connectivity index is 2.66. The number of halogens is 1. The van der Waals surface area contributed by atoms with Crippen molar-refractivity contribution in [2.75, 3.05) is 13.7 Å². The van der Waals surface area contributed by atoms with E-state index in [1.807, 2.05) is 18.2 Å². The molecule has 0 saturated heterocycles. The zero-order valence-electron chi connectivity index (χ0n) is 8.96. The van der Waals surface area contributed by atoms with Crippen LogP contribution in [-0.4, -0.2) is 24.9 Å². The molecule has 3 nitrogen and oxygen atoms in total. The van der Waals surface area contributed by atoms with Crippen molar-refractivity contribution in [2.45, 2.75) is 19.6 Å². The lowest BCUT2D eigenvalue weighted by Crippen LogP contribution is -2.24. The number of aliphatic hydroxyl groups is 1. The lowest BCUT2D eigenvalue weighted by atomic mass is 10.2. The predicted octanol–water partition coefficient (Wildman–Crippen LogP) is 1.82. The van der Waals surface area contributed by atoms with Crippen molar-refractivity contribution in [2.24, 2.45) is 0 Å². The van der Waals surface area contributed by atoms with Gasteiger partial charge in [0.1, 0.15) is 5.75 Å². The number of methoxy groups -OCH3 is 1. The van der Waals surface area contributed by atoms with E-state index in [2.05, 4.69) is 5.32 Å². The highest BCUT2D eigenvalue weighted by atomic mass is 35.5. The monoisotopic (exact) mass is 229 g/mol. The predicted molar refractivity (Wildman–Crippen MR) is 61.4 cm³/mol. The molecule has 1 aromatic rings. The van der Waals surface area contributed by atoms with Gasteiger partial charge in [0.05, 0.1) is 13.2 Å². The smallest absolute Gasteiger partial charge is 0.124 e. The number of hydrogen-bond acceptors (Lipinski definition) is 3. The maximum Gasteiger partial charge on any atom is 0.124 e. The van der Waals surface area contributed by atoms with E-state index in [1.165, 1.54) is 0 Å². The molecule has 4 heteroatoms. The summed E-state index contributed by atoms with van der Waals surface area (Å²) in [5.74, 6) is 0.764. The summed E-state index contributed by atoms with van der Waals surface area (Å²) >= 11 is 6.04. The van der Waals surface area contributed by atoms with E-state index in [1.54, 1.807) is 14.0 Å². The Hall–Kier alpha value is -0.770. The van der Waals surface area contributed by atoms with Crippen molar-refractivity contribution in [1.82, 2.24) is 5.32 Å². The first-order valence-corrected chi connectivity index (χ1v) is 5.23. The van der Waals surface area contributed by atoms with Crippen LogP contribution in [0.25, 0.3) is 0 Å². The van der Waals surface area contributed by atoms with Gasteiger partial charge in [-0.2, -0.15) is 0 Å². The van der Waals surface area contributed by atoms with Gasteiger partial charge in [0.25, 0.3) is 0 Å². The summed E-state index contributed by atoms with van der Waals surface area (Å²) in [6, 6.07) is 5.54. The molecular formula is C11H16ClNO2. The maximum atomic E-state index is 9.10. The molecular weight excluding hydrogens is 214 g/mol. The number of hydrogen-bond donors (Lipinski definition) is 2. The molecule has 0 aliphatic heterocycles. The topological polar surface area (TPSA) is 41.5 Å². The molecule has 1 rings (SSSR count). The minimum Gasteiger partial charge on any atom is -0.496 e. The molecule has 0 aromatic heterocycles. The SMILES string of the molecule is COc1cccc(Cl)c1CNC[C@@H](C)O. The molecule has 84 valence electrons. The molecule has 0 spiro atoms. The Morgan fingerprint density at radius 2 is 2.27 bits per heavy atom. The molecule has 15 heavy (non-hydrogen) atoms. The van der Waals surface area contributed by atoms with Gasteiger partial charge in [-0.25, -0.2) is 0 Å². The summed E-state index contributed by atoms with van der Waals surface area (Å²) in [5.41, 5.74) is 0.919. The molecule has 0 saturated carbocycles. The Labute approximate surface area is 95.0 Å². The van der Waals surface area contributed by atoms with Gasteiger partial charge in [0.15, 0.2) is 0 Å². The average Bonchev–Trinajstić information content (AvgIpc) is 2.20. The van der Waals surface area contributed by atoms with Crippen molar-refractivity contribution in [3.63, 3.8) is 0 Å². The zero-order valence-corrected chi connectivity index (χ0v) is 9.71. The van der Waals surface area contributed by atoms with Gasteiger partial charge >= 0.3 is 0 Å². The normalized spacial score (nSPS) is 12.5. The summed E-state index contributed by atoms with van der Waals surface area (Å²) in [5, 5.41) is 12.9. The second-order valence-electron chi connectivity index (χ2n) is 3.40. The van der Waals surface area contributed by atoms with E-state index in [4.69, 9.17) is 21.4 Å². The van der Waals surface area contributed by atoms with Crippen LogP contribution in [0.5, 0.6) is 5.75 Å². The van der Waals surface area contributed by atoms with Crippen LogP contribution in [0.1, 0.15) is 12.5 Å². The first kappa shape index (κ1) is 12.3. The summed E-state index contributed by atoms with van der Waals surface area (Å²) in [4.78, 5) is 0. The van der Waals surface area contributed by atoms with Crippen molar-refractivity contribution in [3.05, 3.63) is 28.8 Å². The second-order valence-corrected chi connectivity index (χ2v) is 3.81. The van der Waals surface area contributed by atoms with E-state index < -0.39 is 0 Å². The Kier molecular flexibility index (Phi) is 4.88. The number of aliphatic hydroxyl groups excluding tert-OH is 1. The standard InChI is InChI=1S/C11H16ClNO2/c1-8(14)6-13-7-9-10(12)4-3-5-11(9)15-2/h3-5,8,13-14H,6-7H2,1-2H3/t8-/m1/s1. The molecule has 0 heterocycles. The fourth-order valence-electron chi connectivity index (χ4n) is 1.31. The molecule has 0 unspecified atom stereocenters. The van der Waals surface area contributed by atoms with Crippen molar-refractivity contribution in [1.29, 1.82) is 0 Å². The van der Waals surface area contributed by atoms with Gasteiger partial charge < -0.3 is 15.2 Å². The van der Waals surface area contributed by atoms with Crippen molar-refractivity contribution >= 4 is 11.6 Å². The summed E-state index contributed by atoms with van der Waals surface area (Å²) in [6.07, 6.45) is -0.363. The van der Waals surface area contributed by atoms with Gasteiger partial charge in [0.2, 0.25) is 0 Å². The van der Waals surface area contributed by atoms with E-state index >= 15 is 0 Å². The lowest BCUT2D eigenvalue weighted by Gasteiger charge is -2.12. The molecule has 0 fully saturated rings. The van der Waals surface area contributed by atoms with Gasteiger partial charge in [-0.05, 0) is 19.1 Å². The fraction of sp³-hybridized carbons (Fsp3) is 0.455. The molecule has 0 aliphatic rings. The van der Waals surface area contributed by atoms with E-state index in [9.17, 15) is 0 Å². The molecule has 2 N–H and O–H groups in total. The Bertz CT molecular complexity index is 315. The van der Waals surface area contributed by atoms with Crippen LogP contribution in [0.2, 0.25) is 5.02 Å². The van der Waals surface area contributed by atoms with Crippen LogP contribution in [-0.2, 0) is 6.54 Å². The van der Waals surface area contributed by atoms with Crippen molar-refractivity contribution in [3.8, 4) is 5.75 Å². The highest BCUT2D eigenvalue weighted by molar-refractivity contribution is 6.31. The van der Waals surface area contributed by atoms with Gasteiger partial charge in [-0.15, -0.1) is 0 Å². The molecule has 0 bridgehead atoms. The lowest BCUT2D eigenvalue weighted by molar-refractivity contribution is 0.191. The van der Waals surface area contributed by atoms with Gasteiger partial charge in [-0.3, -0.25) is 0 Å². The minimum absolute atomic E-state index is 0.363. The maximum absolute atomic E-state index is 9.10. The fourth-order valence-corrected chi connectivity index (χ4v) is 1.54. The number of rotatable bonds is 5. The van der Waals surface area contributed by atoms with Crippen LogP contribution in [0, 0.1) is 0 Å². The second kappa shape index (κ2) is 5.95. The van der Waals surface area contributed by atoms with Crippen LogP contribution in [0.15, 0.2) is 18.2 Å². The molecule has 1 aromatic carbocycles. The number of benzene rings is 1. The van der Waals surface area contributed by atoms with E-state index in [0.29, 0.717) is 18.1 Å². The van der Waals surface area contributed by atoms with Gasteiger partial charge in [0, 0.05) is 23.7 Å². The van der Waals surface area contributed by atoms with E-state index in [0.717, 1.165) is 11.3 Å². The van der Waals surface area contributed by atoms with E-state index in [-0.39, 0.29) is 6.10 Å². The highest BCUT2D eigenvalue weighted by Gasteiger charge is 2.07. The van der Waals surface area contributed by atoms with Crippen molar-refractivity contribution < 1.29 is 9.84 Å². The average molecular weight is 230 g/mol. The number of ether oxygens (including phenoxy) is 1. The van der Waals surface area contributed by atoms with Crippen LogP contribution in [0.3, 0.4) is 0 Å². The first-order chi connectivity index (χ1) is 7.15. The first-order valence-electron chi connectivity index (χ1n) is 4.85. The Morgan fingerprint density at radius 3 is 2.87 bits per heavy atom. The van der Waals surface area contributed by atoms with Gasteiger partial charge in [-0.1, -0.05) is 17.7 Å². The Morgan fingerprint density at radius 1 is 1.53 bits per heavy atom. The van der Waals surface area contributed by atoms with Crippen LogP contribution in [0.4, 0.5) is 0 Å². The van der Waals surface area contributed by atoms with Crippen LogP contribution >= 0.6 is 11.6 Å². The zero-order chi connectivity index (χ0) is 11.3. The largest absolute Gasteiger partial charge is 0.496 e. The summed E-state index contributed by atoms with van der Waals surface area (Å²) < 4.78 is 5.20. The minimum atomic E-state index is -0.363. The number of nitrogens with one attached hydrogen (secondary N) is 1.